The van der Waals surface area contributed by atoms with Gasteiger partial charge in [0.2, 0.25) is 5.91 Å². The number of rotatable bonds is 3. The summed E-state index contributed by atoms with van der Waals surface area (Å²) in [7, 11) is 0. The molecule has 1 amide bonds. The number of amides is 1. The van der Waals surface area contributed by atoms with Crippen LogP contribution in [0.5, 0.6) is 0 Å². The van der Waals surface area contributed by atoms with E-state index in [2.05, 4.69) is 12.1 Å². The van der Waals surface area contributed by atoms with Crippen LogP contribution in [0.2, 0.25) is 0 Å². The van der Waals surface area contributed by atoms with Gasteiger partial charge in [-0.15, -0.1) is 0 Å². The SMILES string of the molecule is O=C(O)CC1CSCCN1C(=O)C1CCCc2ccccc21. The lowest BCUT2D eigenvalue weighted by Gasteiger charge is -2.38. The van der Waals surface area contributed by atoms with E-state index in [4.69, 9.17) is 5.11 Å². The lowest BCUT2D eigenvalue weighted by Crippen LogP contribution is -2.49. The van der Waals surface area contributed by atoms with Crippen LogP contribution in [0.4, 0.5) is 0 Å². The Hall–Kier alpha value is -1.49. The molecule has 2 aliphatic rings. The van der Waals surface area contributed by atoms with Crippen LogP contribution in [0.15, 0.2) is 24.3 Å². The molecule has 1 heterocycles. The van der Waals surface area contributed by atoms with E-state index in [9.17, 15) is 9.59 Å². The number of carboxylic acid groups (broad SMARTS) is 1. The van der Waals surface area contributed by atoms with Gasteiger partial charge in [0, 0.05) is 18.1 Å². The minimum atomic E-state index is -0.825. The molecule has 118 valence electrons. The molecule has 2 unspecified atom stereocenters. The summed E-state index contributed by atoms with van der Waals surface area (Å²) in [4.78, 5) is 25.9. The maximum atomic E-state index is 13.0. The second-order valence-corrected chi connectivity index (χ2v) is 7.15. The molecule has 1 aromatic carbocycles. The number of nitrogens with zero attached hydrogens (tertiary/aromatic N) is 1. The molecular weight excluding hydrogens is 298 g/mol. The predicted molar refractivity (Wildman–Crippen MR) is 87.2 cm³/mol. The summed E-state index contributed by atoms with van der Waals surface area (Å²) in [5.74, 6) is 0.834. The van der Waals surface area contributed by atoms with E-state index in [-0.39, 0.29) is 24.3 Å². The standard InChI is InChI=1S/C17H21NO3S/c19-16(20)10-13-11-22-9-8-18(13)17(21)15-7-3-5-12-4-1-2-6-14(12)15/h1-2,4,6,13,15H,3,5,7-11H2,(H,19,20). The van der Waals surface area contributed by atoms with Gasteiger partial charge in [0.15, 0.2) is 0 Å². The van der Waals surface area contributed by atoms with Crippen LogP contribution in [0, 0.1) is 0 Å². The highest BCUT2D eigenvalue weighted by atomic mass is 32.2. The van der Waals surface area contributed by atoms with E-state index < -0.39 is 5.97 Å². The summed E-state index contributed by atoms with van der Waals surface area (Å²) >= 11 is 1.74. The molecule has 0 saturated carbocycles. The quantitative estimate of drug-likeness (QED) is 0.930. The van der Waals surface area contributed by atoms with Gasteiger partial charge >= 0.3 is 5.97 Å². The van der Waals surface area contributed by atoms with Crippen LogP contribution < -0.4 is 0 Å². The van der Waals surface area contributed by atoms with Gasteiger partial charge in [-0.2, -0.15) is 11.8 Å². The minimum Gasteiger partial charge on any atom is -0.481 e. The fourth-order valence-electron chi connectivity index (χ4n) is 3.53. The first-order valence-electron chi connectivity index (χ1n) is 7.84. The molecule has 1 aliphatic heterocycles. The largest absolute Gasteiger partial charge is 0.481 e. The van der Waals surface area contributed by atoms with E-state index >= 15 is 0 Å². The molecule has 0 bridgehead atoms. The molecular formula is C17H21NO3S. The summed E-state index contributed by atoms with van der Waals surface area (Å²) in [6, 6.07) is 8.01. The van der Waals surface area contributed by atoms with Crippen molar-refractivity contribution in [3.8, 4) is 0 Å². The van der Waals surface area contributed by atoms with Gasteiger partial charge in [-0.25, -0.2) is 0 Å². The molecule has 0 spiro atoms. The summed E-state index contributed by atoms with van der Waals surface area (Å²) in [6.07, 6.45) is 2.99. The van der Waals surface area contributed by atoms with Gasteiger partial charge < -0.3 is 10.0 Å². The van der Waals surface area contributed by atoms with Crippen molar-refractivity contribution in [3.05, 3.63) is 35.4 Å². The third-order valence-corrected chi connectivity index (χ3v) is 5.68. The number of carbonyl (C=O) groups is 2. The number of fused-ring (bicyclic) bond motifs is 1. The molecule has 2 atom stereocenters. The Morgan fingerprint density at radius 1 is 1.32 bits per heavy atom. The van der Waals surface area contributed by atoms with Crippen molar-refractivity contribution in [1.82, 2.24) is 4.90 Å². The third-order valence-electron chi connectivity index (χ3n) is 4.59. The molecule has 4 nitrogen and oxygen atoms in total. The third kappa shape index (κ3) is 3.14. The summed E-state index contributed by atoms with van der Waals surface area (Å²) in [5.41, 5.74) is 2.42. The van der Waals surface area contributed by atoms with Crippen LogP contribution in [-0.4, -0.2) is 46.0 Å². The Morgan fingerprint density at radius 2 is 2.14 bits per heavy atom. The Balaban J connectivity index is 1.82. The normalized spacial score (nSPS) is 24.6. The zero-order valence-electron chi connectivity index (χ0n) is 12.5. The molecule has 3 rings (SSSR count). The zero-order valence-corrected chi connectivity index (χ0v) is 13.3. The highest BCUT2D eigenvalue weighted by Gasteiger charge is 2.35. The maximum absolute atomic E-state index is 13.0. The van der Waals surface area contributed by atoms with Crippen LogP contribution in [-0.2, 0) is 16.0 Å². The van der Waals surface area contributed by atoms with Crippen LogP contribution in [0.3, 0.4) is 0 Å². The van der Waals surface area contributed by atoms with Gasteiger partial charge in [0.05, 0.1) is 18.4 Å². The first-order chi connectivity index (χ1) is 10.7. The first-order valence-corrected chi connectivity index (χ1v) is 9.00. The van der Waals surface area contributed by atoms with Crippen LogP contribution in [0.1, 0.15) is 36.3 Å². The number of thioether (sulfide) groups is 1. The average molecular weight is 319 g/mol. The summed E-state index contributed by atoms with van der Waals surface area (Å²) in [6.45, 7) is 0.667. The molecule has 1 fully saturated rings. The molecule has 1 aromatic rings. The second kappa shape index (κ2) is 6.73. The number of hydrogen-bond acceptors (Lipinski definition) is 3. The minimum absolute atomic E-state index is 0.0487. The highest BCUT2D eigenvalue weighted by Crippen LogP contribution is 2.34. The molecule has 1 N–H and O–H groups in total. The monoisotopic (exact) mass is 319 g/mol. The molecule has 22 heavy (non-hydrogen) atoms. The zero-order chi connectivity index (χ0) is 15.5. The Kier molecular flexibility index (Phi) is 4.71. The van der Waals surface area contributed by atoms with Crippen molar-refractivity contribution in [2.45, 2.75) is 37.6 Å². The second-order valence-electron chi connectivity index (χ2n) is 6.00. The van der Waals surface area contributed by atoms with E-state index in [0.29, 0.717) is 6.54 Å². The van der Waals surface area contributed by atoms with Crippen molar-refractivity contribution >= 4 is 23.6 Å². The van der Waals surface area contributed by atoms with Gasteiger partial charge in [0.1, 0.15) is 0 Å². The molecule has 5 heteroatoms. The number of carboxylic acids is 1. The lowest BCUT2D eigenvalue weighted by molar-refractivity contribution is -0.141. The van der Waals surface area contributed by atoms with E-state index in [1.165, 1.54) is 5.56 Å². The van der Waals surface area contributed by atoms with Crippen molar-refractivity contribution in [1.29, 1.82) is 0 Å². The Morgan fingerprint density at radius 3 is 2.95 bits per heavy atom. The molecule has 1 aliphatic carbocycles. The molecule has 0 aromatic heterocycles. The van der Waals surface area contributed by atoms with E-state index in [0.717, 1.165) is 36.3 Å². The lowest BCUT2D eigenvalue weighted by atomic mass is 9.82. The van der Waals surface area contributed by atoms with Gasteiger partial charge in [0.25, 0.3) is 0 Å². The van der Waals surface area contributed by atoms with Crippen molar-refractivity contribution in [2.75, 3.05) is 18.1 Å². The maximum Gasteiger partial charge on any atom is 0.305 e. The summed E-state index contributed by atoms with van der Waals surface area (Å²) in [5, 5.41) is 9.09. The number of hydrogen-bond donors (Lipinski definition) is 1. The van der Waals surface area contributed by atoms with Gasteiger partial charge in [-0.3, -0.25) is 9.59 Å². The smallest absolute Gasteiger partial charge is 0.305 e. The number of aliphatic carboxylic acids is 1. The number of carbonyl (C=O) groups excluding carboxylic acids is 1. The Labute approximate surface area is 134 Å². The molecule has 0 radical (unpaired) electrons. The first kappa shape index (κ1) is 15.4. The number of benzene rings is 1. The van der Waals surface area contributed by atoms with Crippen molar-refractivity contribution < 1.29 is 14.7 Å². The number of aryl methyl sites for hydroxylation is 1. The fourth-order valence-corrected chi connectivity index (χ4v) is 4.59. The van der Waals surface area contributed by atoms with E-state index in [1.807, 2.05) is 17.0 Å². The van der Waals surface area contributed by atoms with Gasteiger partial charge in [-0.05, 0) is 30.4 Å². The van der Waals surface area contributed by atoms with Crippen molar-refractivity contribution in [3.63, 3.8) is 0 Å². The van der Waals surface area contributed by atoms with E-state index in [1.54, 1.807) is 11.8 Å². The average Bonchev–Trinajstić information content (AvgIpc) is 2.54. The fraction of sp³-hybridized carbons (Fsp3) is 0.529. The van der Waals surface area contributed by atoms with Gasteiger partial charge in [-0.1, -0.05) is 24.3 Å². The topological polar surface area (TPSA) is 57.6 Å². The highest BCUT2D eigenvalue weighted by molar-refractivity contribution is 7.99. The Bertz CT molecular complexity index is 575. The molecule has 1 saturated heterocycles. The van der Waals surface area contributed by atoms with Crippen molar-refractivity contribution in [2.24, 2.45) is 0 Å². The van der Waals surface area contributed by atoms with Crippen LogP contribution in [0.25, 0.3) is 0 Å². The summed E-state index contributed by atoms with van der Waals surface area (Å²) < 4.78 is 0. The predicted octanol–water partition coefficient (Wildman–Crippen LogP) is 2.53. The van der Waals surface area contributed by atoms with Crippen LogP contribution >= 0.6 is 11.8 Å².